The number of nitrogens with two attached hydrogens (primary N) is 1. The second kappa shape index (κ2) is 10.0. The first-order chi connectivity index (χ1) is 18.2. The number of hydrogen-bond donors (Lipinski definition) is 1. The monoisotopic (exact) mass is 534 g/mol. The Kier molecular flexibility index (Phi) is 6.14. The summed E-state index contributed by atoms with van der Waals surface area (Å²) in [5, 5.41) is 2.19. The Morgan fingerprint density at radius 1 is 1.22 bits per heavy atom. The fourth-order valence-electron chi connectivity index (χ4n) is 3.29. The number of rotatable bonds is 7. The third kappa shape index (κ3) is 5.02. The Hall–Kier alpha value is -3.21. The van der Waals surface area contributed by atoms with Gasteiger partial charge in [0.05, 0.1) is 23.3 Å². The van der Waals surface area contributed by atoms with Crippen LogP contribution < -0.4 is 16.0 Å². The third-order valence-electron chi connectivity index (χ3n) is 5.54. The van der Waals surface area contributed by atoms with Crippen LogP contribution in [0.4, 0.5) is 8.78 Å². The van der Waals surface area contributed by atoms with Crippen LogP contribution in [0.5, 0.6) is 5.75 Å². The van der Waals surface area contributed by atoms with Crippen LogP contribution in [0.2, 0.25) is 5.02 Å². The Morgan fingerprint density at radius 2 is 2.00 bits per heavy atom. The molecular formula is C25H24ClF2N5O2S. The lowest BCUT2D eigenvalue weighted by atomic mass is 9.95. The van der Waals surface area contributed by atoms with E-state index in [1.54, 1.807) is 13.0 Å². The van der Waals surface area contributed by atoms with Crippen LogP contribution in [-0.4, -0.2) is 26.1 Å². The molecule has 36 heavy (non-hydrogen) atoms. The smallest absolute Gasteiger partial charge is 0.277 e. The number of halogens is 3. The van der Waals surface area contributed by atoms with Gasteiger partial charge in [0.1, 0.15) is 33.9 Å². The van der Waals surface area contributed by atoms with E-state index in [-0.39, 0.29) is 28.2 Å². The van der Waals surface area contributed by atoms with Gasteiger partial charge in [0.25, 0.3) is 5.56 Å². The van der Waals surface area contributed by atoms with Crippen LogP contribution in [0.15, 0.2) is 40.8 Å². The maximum atomic E-state index is 14.0. The molecule has 0 aromatic carbocycles. The predicted octanol–water partition coefficient (Wildman–Crippen LogP) is 5.11. The number of ether oxygens (including phenoxy) is 1. The highest BCUT2D eigenvalue weighted by Gasteiger charge is 2.23. The topological polar surface area (TPSA) is 95.9 Å². The van der Waals surface area contributed by atoms with Gasteiger partial charge in [-0.25, -0.2) is 13.8 Å². The standard InChI is InChI=1S/C25H24ClF2N5O2S/c1-13-8-30-17(19-11-36-24(32-19)25(3,4)12-29)7-20(13)33-14(2)5-21(22(26)23(33)34)35-10-18-16(28)6-15(27)9-31-18/h5-9,11H,10,12,29H2,1-4H3/i2D3. The molecule has 188 valence electrons. The zero-order valence-corrected chi connectivity index (χ0v) is 21.2. The normalized spacial score (nSPS) is 13.2. The second-order valence-corrected chi connectivity index (χ2v) is 9.94. The van der Waals surface area contributed by atoms with Gasteiger partial charge in [0.15, 0.2) is 5.82 Å². The molecule has 2 N–H and O–H groups in total. The van der Waals surface area contributed by atoms with E-state index < -0.39 is 35.7 Å². The van der Waals surface area contributed by atoms with Gasteiger partial charge >= 0.3 is 0 Å². The molecule has 0 aliphatic heterocycles. The molecule has 0 atom stereocenters. The number of thiazole rings is 1. The lowest BCUT2D eigenvalue weighted by molar-refractivity contribution is 0.292. The van der Waals surface area contributed by atoms with E-state index in [1.165, 1.54) is 17.5 Å². The summed E-state index contributed by atoms with van der Waals surface area (Å²) in [5.74, 6) is -2.12. The van der Waals surface area contributed by atoms with Gasteiger partial charge in [0, 0.05) is 45.5 Å². The summed E-state index contributed by atoms with van der Waals surface area (Å²) in [7, 11) is 0. The summed E-state index contributed by atoms with van der Waals surface area (Å²) in [6.07, 6.45) is 2.32. The average Bonchev–Trinajstić information content (AvgIpc) is 3.37. The van der Waals surface area contributed by atoms with Crippen LogP contribution in [-0.2, 0) is 12.0 Å². The first-order valence-corrected chi connectivity index (χ1v) is 12.0. The van der Waals surface area contributed by atoms with Crippen LogP contribution in [0.25, 0.3) is 17.1 Å². The molecular weight excluding hydrogens is 508 g/mol. The maximum absolute atomic E-state index is 14.0. The molecule has 4 aromatic heterocycles. The first kappa shape index (κ1) is 22.0. The van der Waals surface area contributed by atoms with Crippen LogP contribution >= 0.6 is 22.9 Å². The molecule has 0 amide bonds. The third-order valence-corrected chi connectivity index (χ3v) is 7.09. The van der Waals surface area contributed by atoms with Crippen LogP contribution in [0.1, 0.15) is 39.9 Å². The summed E-state index contributed by atoms with van der Waals surface area (Å²) < 4.78 is 57.9. The summed E-state index contributed by atoms with van der Waals surface area (Å²) in [6.45, 7) is 2.72. The Balaban J connectivity index is 1.81. The van der Waals surface area contributed by atoms with Crippen molar-refractivity contribution in [3.05, 3.63) is 84.9 Å². The molecule has 0 aliphatic carbocycles. The highest BCUT2D eigenvalue weighted by Crippen LogP contribution is 2.31. The average molecular weight is 535 g/mol. The van der Waals surface area contributed by atoms with E-state index in [9.17, 15) is 13.6 Å². The zero-order chi connectivity index (χ0) is 28.7. The number of nitrogens with zero attached hydrogens (tertiary/aromatic N) is 4. The number of pyridine rings is 3. The van der Waals surface area contributed by atoms with E-state index in [0.29, 0.717) is 29.6 Å². The van der Waals surface area contributed by atoms with E-state index in [1.807, 2.05) is 19.2 Å². The van der Waals surface area contributed by atoms with Crippen molar-refractivity contribution in [3.63, 3.8) is 0 Å². The van der Waals surface area contributed by atoms with Gasteiger partial charge in [-0.3, -0.25) is 19.3 Å². The Bertz CT molecular complexity index is 1610. The molecule has 0 saturated heterocycles. The quantitative estimate of drug-likeness (QED) is 0.354. The number of aryl methyl sites for hydroxylation is 2. The molecule has 0 radical (unpaired) electrons. The van der Waals surface area contributed by atoms with E-state index in [4.69, 9.17) is 26.2 Å². The van der Waals surface area contributed by atoms with E-state index >= 15 is 0 Å². The Labute approximate surface area is 219 Å². The van der Waals surface area contributed by atoms with Gasteiger partial charge in [-0.15, -0.1) is 11.3 Å². The van der Waals surface area contributed by atoms with Gasteiger partial charge in [-0.05, 0) is 25.4 Å². The highest BCUT2D eigenvalue weighted by atomic mass is 35.5. The van der Waals surface area contributed by atoms with Crippen LogP contribution in [0, 0.1) is 25.4 Å². The molecule has 0 bridgehead atoms. The Morgan fingerprint density at radius 3 is 2.69 bits per heavy atom. The highest BCUT2D eigenvalue weighted by molar-refractivity contribution is 7.10. The van der Waals surface area contributed by atoms with Gasteiger partial charge in [-0.1, -0.05) is 25.4 Å². The van der Waals surface area contributed by atoms with Crippen molar-refractivity contribution in [2.45, 2.75) is 39.6 Å². The molecule has 4 rings (SSSR count). The van der Waals surface area contributed by atoms with Gasteiger partial charge in [-0.2, -0.15) is 0 Å². The fraction of sp³-hybridized carbons (Fsp3) is 0.280. The molecule has 4 heterocycles. The molecule has 0 spiro atoms. The van der Waals surface area contributed by atoms with Gasteiger partial charge in [0.2, 0.25) is 0 Å². The summed E-state index contributed by atoms with van der Waals surface area (Å²) >= 11 is 7.75. The summed E-state index contributed by atoms with van der Waals surface area (Å²) in [4.78, 5) is 26.2. The fourth-order valence-corrected chi connectivity index (χ4v) is 4.43. The largest absolute Gasteiger partial charge is 0.485 e. The maximum Gasteiger partial charge on any atom is 0.277 e. The zero-order valence-electron chi connectivity index (χ0n) is 22.6. The summed E-state index contributed by atoms with van der Waals surface area (Å²) in [6, 6.07) is 3.29. The molecule has 0 saturated carbocycles. The molecule has 0 fully saturated rings. The lowest BCUT2D eigenvalue weighted by Crippen LogP contribution is -2.27. The minimum atomic E-state index is -2.77. The minimum absolute atomic E-state index is 0.239. The van der Waals surface area contributed by atoms with Crippen LogP contribution in [0.3, 0.4) is 0 Å². The number of aromatic nitrogens is 4. The first-order valence-electron chi connectivity index (χ1n) is 12.2. The molecule has 7 nitrogen and oxygen atoms in total. The van der Waals surface area contributed by atoms with Crippen molar-refractivity contribution in [1.82, 2.24) is 19.5 Å². The van der Waals surface area contributed by atoms with Crippen molar-refractivity contribution in [2.24, 2.45) is 5.73 Å². The molecule has 4 aromatic rings. The predicted molar refractivity (Wildman–Crippen MR) is 136 cm³/mol. The van der Waals surface area contributed by atoms with Crippen molar-refractivity contribution in [1.29, 1.82) is 0 Å². The van der Waals surface area contributed by atoms with Crippen molar-refractivity contribution < 1.29 is 17.6 Å². The minimum Gasteiger partial charge on any atom is -0.485 e. The molecule has 0 unspecified atom stereocenters. The van der Waals surface area contributed by atoms with E-state index in [0.717, 1.165) is 21.8 Å². The van der Waals surface area contributed by atoms with Crippen molar-refractivity contribution in [2.75, 3.05) is 6.54 Å². The molecule has 11 heteroatoms. The van der Waals surface area contributed by atoms with E-state index in [2.05, 4.69) is 15.0 Å². The summed E-state index contributed by atoms with van der Waals surface area (Å²) in [5.41, 5.74) is 5.73. The number of hydrogen-bond acceptors (Lipinski definition) is 7. The van der Waals surface area contributed by atoms with Crippen molar-refractivity contribution >= 4 is 22.9 Å². The second-order valence-electron chi connectivity index (χ2n) is 8.70. The SMILES string of the molecule is [2H]C([2H])([2H])c1cc(OCc2ncc(F)cc2F)c(Cl)c(=O)n1-c1cc(-c2csc(C(C)(C)CN)n2)ncc1C. The van der Waals surface area contributed by atoms with Gasteiger partial charge < -0.3 is 10.5 Å². The lowest BCUT2D eigenvalue weighted by Gasteiger charge is -2.18. The van der Waals surface area contributed by atoms with Crippen molar-refractivity contribution in [3.8, 4) is 22.8 Å². The molecule has 0 aliphatic rings.